The first-order valence-electron chi connectivity index (χ1n) is 5.52. The number of rotatable bonds is 3. The highest BCUT2D eigenvalue weighted by atomic mass is 35.5. The van der Waals surface area contributed by atoms with E-state index in [1.54, 1.807) is 0 Å². The summed E-state index contributed by atoms with van der Waals surface area (Å²) < 4.78 is 5.60. The van der Waals surface area contributed by atoms with Gasteiger partial charge in [-0.15, -0.1) is 12.4 Å². The Morgan fingerprint density at radius 3 is 2.64 bits per heavy atom. The van der Waals surface area contributed by atoms with E-state index in [9.17, 15) is 0 Å². The minimum atomic E-state index is 0. The molecule has 2 saturated heterocycles. The lowest BCUT2D eigenvalue weighted by atomic mass is 10.3. The monoisotopic (exact) mass is 220 g/mol. The molecule has 2 aliphatic rings. The van der Waals surface area contributed by atoms with Crippen LogP contribution < -0.4 is 5.32 Å². The van der Waals surface area contributed by atoms with Crippen LogP contribution in [0.15, 0.2) is 0 Å². The fourth-order valence-electron chi connectivity index (χ4n) is 2.11. The molecule has 2 fully saturated rings. The Hall–Kier alpha value is 0.170. The number of ether oxygens (including phenoxy) is 1. The highest BCUT2D eigenvalue weighted by Gasteiger charge is 2.16. The summed E-state index contributed by atoms with van der Waals surface area (Å²) in [5, 5.41) is 3.39. The van der Waals surface area contributed by atoms with Crippen molar-refractivity contribution >= 4 is 12.4 Å². The summed E-state index contributed by atoms with van der Waals surface area (Å²) in [5.41, 5.74) is 0. The SMILES string of the molecule is C1CNC(CCN2CCCC2)OC1.Cl. The van der Waals surface area contributed by atoms with Crippen molar-refractivity contribution in [1.29, 1.82) is 0 Å². The molecule has 2 rings (SSSR count). The number of halogens is 1. The van der Waals surface area contributed by atoms with Crippen LogP contribution in [0.2, 0.25) is 0 Å². The van der Waals surface area contributed by atoms with Gasteiger partial charge >= 0.3 is 0 Å². The molecule has 0 saturated carbocycles. The molecule has 14 heavy (non-hydrogen) atoms. The van der Waals surface area contributed by atoms with Gasteiger partial charge in [0.2, 0.25) is 0 Å². The molecule has 1 atom stereocenters. The smallest absolute Gasteiger partial charge is 0.109 e. The van der Waals surface area contributed by atoms with Crippen LogP contribution in [0.5, 0.6) is 0 Å². The second-order valence-electron chi connectivity index (χ2n) is 4.00. The second-order valence-corrected chi connectivity index (χ2v) is 4.00. The molecule has 0 spiro atoms. The minimum absolute atomic E-state index is 0. The maximum atomic E-state index is 5.60. The largest absolute Gasteiger partial charge is 0.363 e. The lowest BCUT2D eigenvalue weighted by Gasteiger charge is -2.26. The van der Waals surface area contributed by atoms with E-state index >= 15 is 0 Å². The number of hydrogen-bond acceptors (Lipinski definition) is 3. The Morgan fingerprint density at radius 2 is 2.00 bits per heavy atom. The first kappa shape index (κ1) is 12.2. The summed E-state index contributed by atoms with van der Waals surface area (Å²) >= 11 is 0. The van der Waals surface area contributed by atoms with E-state index < -0.39 is 0 Å². The average molecular weight is 221 g/mol. The zero-order valence-corrected chi connectivity index (χ0v) is 9.52. The third-order valence-corrected chi connectivity index (χ3v) is 2.92. The van der Waals surface area contributed by atoms with E-state index in [0.717, 1.165) is 19.6 Å². The Labute approximate surface area is 92.6 Å². The molecular formula is C10H21ClN2O. The topological polar surface area (TPSA) is 24.5 Å². The molecule has 2 heterocycles. The van der Waals surface area contributed by atoms with Crippen LogP contribution in [0, 0.1) is 0 Å². The van der Waals surface area contributed by atoms with Gasteiger partial charge in [0.15, 0.2) is 0 Å². The lowest BCUT2D eigenvalue weighted by Crippen LogP contribution is -2.40. The molecule has 84 valence electrons. The molecule has 1 N–H and O–H groups in total. The summed E-state index contributed by atoms with van der Waals surface area (Å²) in [6.07, 6.45) is 5.42. The zero-order chi connectivity index (χ0) is 8.93. The molecule has 0 radical (unpaired) electrons. The van der Waals surface area contributed by atoms with Gasteiger partial charge < -0.3 is 9.64 Å². The highest BCUT2D eigenvalue weighted by Crippen LogP contribution is 2.09. The van der Waals surface area contributed by atoms with E-state index in [2.05, 4.69) is 10.2 Å². The Morgan fingerprint density at radius 1 is 1.21 bits per heavy atom. The summed E-state index contributed by atoms with van der Waals surface area (Å²) in [6.45, 7) is 5.87. The van der Waals surface area contributed by atoms with Gasteiger partial charge in [-0.25, -0.2) is 0 Å². The average Bonchev–Trinajstić information content (AvgIpc) is 2.69. The van der Waals surface area contributed by atoms with Crippen molar-refractivity contribution < 1.29 is 4.74 Å². The first-order valence-corrected chi connectivity index (χ1v) is 5.52. The predicted octanol–water partition coefficient (Wildman–Crippen LogP) is 1.23. The first-order chi connectivity index (χ1) is 6.45. The van der Waals surface area contributed by atoms with Crippen LogP contribution >= 0.6 is 12.4 Å². The summed E-state index contributed by atoms with van der Waals surface area (Å²) in [5.74, 6) is 0. The Bertz CT molecular complexity index is 145. The van der Waals surface area contributed by atoms with Crippen molar-refractivity contribution in [2.24, 2.45) is 0 Å². The highest BCUT2D eigenvalue weighted by molar-refractivity contribution is 5.85. The quantitative estimate of drug-likeness (QED) is 0.775. The molecular weight excluding hydrogens is 200 g/mol. The van der Waals surface area contributed by atoms with Gasteiger partial charge in [0, 0.05) is 13.2 Å². The van der Waals surface area contributed by atoms with E-state index in [0.29, 0.717) is 6.23 Å². The Kier molecular flexibility index (Phi) is 5.78. The molecule has 3 nitrogen and oxygen atoms in total. The molecule has 0 aromatic carbocycles. The van der Waals surface area contributed by atoms with E-state index in [1.807, 2.05) is 0 Å². The van der Waals surface area contributed by atoms with Crippen molar-refractivity contribution in [2.75, 3.05) is 32.8 Å². The van der Waals surface area contributed by atoms with Crippen LogP contribution in [0.3, 0.4) is 0 Å². The van der Waals surface area contributed by atoms with Gasteiger partial charge in [0.25, 0.3) is 0 Å². The van der Waals surface area contributed by atoms with Crippen LogP contribution in [-0.2, 0) is 4.74 Å². The molecule has 0 aliphatic carbocycles. The predicted molar refractivity (Wildman–Crippen MR) is 59.9 cm³/mol. The molecule has 4 heteroatoms. The number of hydrogen-bond donors (Lipinski definition) is 1. The molecule has 0 aromatic rings. The molecule has 0 bridgehead atoms. The maximum Gasteiger partial charge on any atom is 0.109 e. The molecule has 0 amide bonds. The number of nitrogens with one attached hydrogen (secondary N) is 1. The van der Waals surface area contributed by atoms with Crippen LogP contribution in [0.4, 0.5) is 0 Å². The van der Waals surface area contributed by atoms with Gasteiger partial charge in [-0.05, 0) is 45.3 Å². The van der Waals surface area contributed by atoms with Crippen molar-refractivity contribution in [3.63, 3.8) is 0 Å². The summed E-state index contributed by atoms with van der Waals surface area (Å²) in [6, 6.07) is 0. The number of likely N-dealkylation sites (tertiary alicyclic amines) is 1. The fourth-order valence-corrected chi connectivity index (χ4v) is 2.11. The Balaban J connectivity index is 0.000000980. The molecule has 2 aliphatic heterocycles. The zero-order valence-electron chi connectivity index (χ0n) is 8.71. The van der Waals surface area contributed by atoms with E-state index in [-0.39, 0.29) is 12.4 Å². The summed E-state index contributed by atoms with van der Waals surface area (Å²) in [7, 11) is 0. The van der Waals surface area contributed by atoms with Crippen LogP contribution in [-0.4, -0.2) is 43.9 Å². The van der Waals surface area contributed by atoms with Crippen LogP contribution in [0.25, 0.3) is 0 Å². The second kappa shape index (κ2) is 6.62. The standard InChI is InChI=1S/C10H20N2O.ClH/c1-2-7-12(6-1)8-4-10-11-5-3-9-13-10;/h10-11H,1-9H2;1H. The summed E-state index contributed by atoms with van der Waals surface area (Å²) in [4.78, 5) is 2.54. The normalized spacial score (nSPS) is 28.7. The van der Waals surface area contributed by atoms with Crippen LogP contribution in [0.1, 0.15) is 25.7 Å². The van der Waals surface area contributed by atoms with Gasteiger partial charge in [-0.3, -0.25) is 5.32 Å². The fraction of sp³-hybridized carbons (Fsp3) is 1.00. The van der Waals surface area contributed by atoms with E-state index in [1.165, 1.54) is 38.9 Å². The third-order valence-electron chi connectivity index (χ3n) is 2.92. The van der Waals surface area contributed by atoms with Crippen molar-refractivity contribution in [2.45, 2.75) is 31.9 Å². The molecule has 0 aromatic heterocycles. The van der Waals surface area contributed by atoms with Gasteiger partial charge in [0.05, 0.1) is 0 Å². The van der Waals surface area contributed by atoms with Gasteiger partial charge in [0.1, 0.15) is 6.23 Å². The number of nitrogens with zero attached hydrogens (tertiary/aromatic N) is 1. The van der Waals surface area contributed by atoms with Gasteiger partial charge in [-0.2, -0.15) is 0 Å². The lowest BCUT2D eigenvalue weighted by molar-refractivity contribution is -0.00793. The minimum Gasteiger partial charge on any atom is -0.363 e. The third kappa shape index (κ3) is 3.73. The van der Waals surface area contributed by atoms with Crippen molar-refractivity contribution in [3.8, 4) is 0 Å². The molecule has 1 unspecified atom stereocenters. The van der Waals surface area contributed by atoms with Gasteiger partial charge in [-0.1, -0.05) is 0 Å². The maximum absolute atomic E-state index is 5.60. The van der Waals surface area contributed by atoms with E-state index in [4.69, 9.17) is 4.74 Å². The van der Waals surface area contributed by atoms with Crippen molar-refractivity contribution in [1.82, 2.24) is 10.2 Å². The van der Waals surface area contributed by atoms with Crippen molar-refractivity contribution in [3.05, 3.63) is 0 Å².